The average molecular weight is 226 g/mol. The Labute approximate surface area is 97.1 Å². The van der Waals surface area contributed by atoms with Crippen molar-refractivity contribution in [3.05, 3.63) is 16.6 Å². The van der Waals surface area contributed by atoms with Crippen molar-refractivity contribution in [2.45, 2.75) is 46.1 Å². The molecule has 0 radical (unpaired) electrons. The molecule has 0 aromatic carbocycles. The van der Waals surface area contributed by atoms with Crippen LogP contribution in [-0.4, -0.2) is 17.1 Å². The first kappa shape index (κ1) is 12.7. The van der Waals surface area contributed by atoms with Gasteiger partial charge in [-0.3, -0.25) is 4.98 Å². The van der Waals surface area contributed by atoms with Crippen molar-refractivity contribution >= 4 is 11.3 Å². The van der Waals surface area contributed by atoms with E-state index in [1.165, 1.54) is 11.3 Å². The number of hydrogen-bond donors (Lipinski definition) is 1. The van der Waals surface area contributed by atoms with E-state index >= 15 is 0 Å². The number of nitrogens with zero attached hydrogens (tertiary/aromatic N) is 1. The van der Waals surface area contributed by atoms with Gasteiger partial charge >= 0.3 is 0 Å². The van der Waals surface area contributed by atoms with Crippen LogP contribution < -0.4 is 5.32 Å². The second-order valence-electron chi connectivity index (χ2n) is 5.24. The second-order valence-corrected chi connectivity index (χ2v) is 6.21. The minimum Gasteiger partial charge on any atom is -0.312 e. The van der Waals surface area contributed by atoms with Crippen LogP contribution in [0, 0.1) is 5.92 Å². The third-order valence-corrected chi connectivity index (χ3v) is 3.13. The molecule has 0 saturated heterocycles. The van der Waals surface area contributed by atoms with E-state index in [0.29, 0.717) is 0 Å². The largest absolute Gasteiger partial charge is 0.312 e. The lowest BCUT2D eigenvalue weighted by atomic mass is 10.0. The predicted octanol–water partition coefficient (Wildman–Crippen LogP) is 3.10. The molecule has 0 aliphatic rings. The maximum atomic E-state index is 4.10. The highest BCUT2D eigenvalue weighted by Gasteiger charge is 2.10. The molecule has 1 rings (SSSR count). The number of aromatic nitrogens is 1. The van der Waals surface area contributed by atoms with Gasteiger partial charge in [-0.1, -0.05) is 6.92 Å². The summed E-state index contributed by atoms with van der Waals surface area (Å²) in [6.45, 7) is 10.0. The zero-order chi connectivity index (χ0) is 11.3. The molecule has 86 valence electrons. The van der Waals surface area contributed by atoms with Gasteiger partial charge in [-0.2, -0.15) is 0 Å². The third-order valence-electron chi connectivity index (χ3n) is 2.33. The van der Waals surface area contributed by atoms with Crippen LogP contribution in [0.4, 0.5) is 0 Å². The lowest BCUT2D eigenvalue weighted by Gasteiger charge is -2.21. The molecule has 1 atom stereocenters. The van der Waals surface area contributed by atoms with Gasteiger partial charge in [-0.15, -0.1) is 11.3 Å². The Kier molecular flexibility index (Phi) is 4.74. The van der Waals surface area contributed by atoms with Crippen molar-refractivity contribution in [3.8, 4) is 0 Å². The summed E-state index contributed by atoms with van der Waals surface area (Å²) in [7, 11) is 0. The summed E-state index contributed by atoms with van der Waals surface area (Å²) in [5.41, 5.74) is 2.15. The first-order valence-electron chi connectivity index (χ1n) is 5.60. The summed E-state index contributed by atoms with van der Waals surface area (Å²) in [6, 6.07) is 0. The maximum Gasteiger partial charge on any atom is 0.0794 e. The number of rotatable bonds is 5. The molecule has 1 heterocycles. The van der Waals surface area contributed by atoms with Crippen LogP contribution in [-0.2, 0) is 6.42 Å². The van der Waals surface area contributed by atoms with Crippen molar-refractivity contribution in [1.82, 2.24) is 10.3 Å². The fourth-order valence-electron chi connectivity index (χ4n) is 1.48. The molecule has 0 aliphatic carbocycles. The van der Waals surface area contributed by atoms with Gasteiger partial charge in [0, 0.05) is 16.6 Å². The molecule has 0 bridgehead atoms. The Balaban J connectivity index is 2.17. The standard InChI is InChI=1S/C12H22N2S/c1-10(5-6-14-12(2,3)4)7-11-8-13-9-15-11/h8-10,14H,5-7H2,1-4H3. The molecule has 0 amide bonds. The van der Waals surface area contributed by atoms with Crippen molar-refractivity contribution in [2.24, 2.45) is 5.92 Å². The van der Waals surface area contributed by atoms with Gasteiger partial charge in [0.15, 0.2) is 0 Å². The summed E-state index contributed by atoms with van der Waals surface area (Å²) in [5.74, 6) is 0.736. The summed E-state index contributed by atoms with van der Waals surface area (Å²) in [5, 5.41) is 3.52. The van der Waals surface area contributed by atoms with E-state index in [9.17, 15) is 0 Å². The van der Waals surface area contributed by atoms with Crippen LogP contribution in [0.3, 0.4) is 0 Å². The van der Waals surface area contributed by atoms with Gasteiger partial charge < -0.3 is 5.32 Å². The molecule has 0 fully saturated rings. The van der Waals surface area contributed by atoms with Crippen molar-refractivity contribution in [3.63, 3.8) is 0 Å². The zero-order valence-corrected chi connectivity index (χ0v) is 11.0. The molecule has 0 saturated carbocycles. The molecular weight excluding hydrogens is 204 g/mol. The highest BCUT2D eigenvalue weighted by Crippen LogP contribution is 2.14. The predicted molar refractivity (Wildman–Crippen MR) is 67.4 cm³/mol. The normalized spacial score (nSPS) is 14.1. The van der Waals surface area contributed by atoms with E-state index in [1.807, 2.05) is 11.7 Å². The van der Waals surface area contributed by atoms with Gasteiger partial charge in [0.2, 0.25) is 0 Å². The zero-order valence-electron chi connectivity index (χ0n) is 10.2. The van der Waals surface area contributed by atoms with Gasteiger partial charge in [0.25, 0.3) is 0 Å². The lowest BCUT2D eigenvalue weighted by Crippen LogP contribution is -2.37. The molecule has 2 nitrogen and oxygen atoms in total. The lowest BCUT2D eigenvalue weighted by molar-refractivity contribution is 0.394. The fraction of sp³-hybridized carbons (Fsp3) is 0.750. The van der Waals surface area contributed by atoms with E-state index in [2.05, 4.69) is 38.0 Å². The topological polar surface area (TPSA) is 24.9 Å². The van der Waals surface area contributed by atoms with Crippen LogP contribution >= 0.6 is 11.3 Å². The smallest absolute Gasteiger partial charge is 0.0794 e. The number of nitrogens with one attached hydrogen (secondary N) is 1. The Hall–Kier alpha value is -0.410. The number of hydrogen-bond acceptors (Lipinski definition) is 3. The van der Waals surface area contributed by atoms with Crippen molar-refractivity contribution < 1.29 is 0 Å². The highest BCUT2D eigenvalue weighted by molar-refractivity contribution is 7.09. The van der Waals surface area contributed by atoms with Crippen LogP contribution in [0.2, 0.25) is 0 Å². The quantitative estimate of drug-likeness (QED) is 0.834. The molecule has 15 heavy (non-hydrogen) atoms. The van der Waals surface area contributed by atoms with Gasteiger partial charge in [0.05, 0.1) is 5.51 Å². The van der Waals surface area contributed by atoms with Crippen molar-refractivity contribution in [2.75, 3.05) is 6.54 Å². The summed E-state index contributed by atoms with van der Waals surface area (Å²) in [4.78, 5) is 5.50. The minimum absolute atomic E-state index is 0.240. The first-order chi connectivity index (χ1) is 6.97. The molecule has 0 aliphatic heterocycles. The molecule has 1 aromatic heterocycles. The van der Waals surface area contributed by atoms with Gasteiger partial charge in [-0.05, 0) is 46.1 Å². The molecule has 1 N–H and O–H groups in total. The van der Waals surface area contributed by atoms with Gasteiger partial charge in [-0.25, -0.2) is 0 Å². The Morgan fingerprint density at radius 2 is 2.20 bits per heavy atom. The summed E-state index contributed by atoms with van der Waals surface area (Å²) < 4.78 is 0. The van der Waals surface area contributed by atoms with Crippen LogP contribution in [0.5, 0.6) is 0 Å². The SMILES string of the molecule is CC(CCNC(C)(C)C)Cc1cncs1. The highest BCUT2D eigenvalue weighted by atomic mass is 32.1. The first-order valence-corrected chi connectivity index (χ1v) is 6.48. The summed E-state index contributed by atoms with van der Waals surface area (Å²) in [6.07, 6.45) is 4.38. The van der Waals surface area contributed by atoms with Crippen LogP contribution in [0.15, 0.2) is 11.7 Å². The number of thiazole rings is 1. The molecule has 0 spiro atoms. The molecule has 1 unspecified atom stereocenters. The van der Waals surface area contributed by atoms with E-state index in [0.717, 1.165) is 18.9 Å². The minimum atomic E-state index is 0.240. The van der Waals surface area contributed by atoms with E-state index < -0.39 is 0 Å². The maximum absolute atomic E-state index is 4.10. The molecule has 3 heteroatoms. The Bertz CT molecular complexity index is 262. The Morgan fingerprint density at radius 3 is 2.73 bits per heavy atom. The van der Waals surface area contributed by atoms with Crippen LogP contribution in [0.25, 0.3) is 0 Å². The monoisotopic (exact) mass is 226 g/mol. The Morgan fingerprint density at radius 1 is 1.47 bits per heavy atom. The van der Waals surface area contributed by atoms with E-state index in [1.54, 1.807) is 11.3 Å². The van der Waals surface area contributed by atoms with E-state index in [4.69, 9.17) is 0 Å². The molecular formula is C12H22N2S. The molecule has 1 aromatic rings. The fourth-order valence-corrected chi connectivity index (χ4v) is 2.24. The average Bonchev–Trinajstić information content (AvgIpc) is 2.54. The third kappa shape index (κ3) is 5.90. The van der Waals surface area contributed by atoms with Gasteiger partial charge in [0.1, 0.15) is 0 Å². The van der Waals surface area contributed by atoms with Crippen molar-refractivity contribution in [1.29, 1.82) is 0 Å². The van der Waals surface area contributed by atoms with Crippen LogP contribution in [0.1, 0.15) is 39.0 Å². The summed E-state index contributed by atoms with van der Waals surface area (Å²) >= 11 is 1.76. The van der Waals surface area contributed by atoms with E-state index in [-0.39, 0.29) is 5.54 Å². The second kappa shape index (κ2) is 5.61.